The predicted molar refractivity (Wildman–Crippen MR) is 72.3 cm³/mol. The standard InChI is InChI=1S/C16H15O2/c1-3-18-16(17)14-10-8-13(9-11-14)15-7-5-4-6-12(15)2/h4-11H,2-3H2,1H3. The Balaban J connectivity index is 2.28. The van der Waals surface area contributed by atoms with Crippen LogP contribution in [-0.2, 0) is 4.74 Å². The summed E-state index contributed by atoms with van der Waals surface area (Å²) in [4.78, 5) is 11.5. The Labute approximate surface area is 107 Å². The molecule has 0 aromatic heterocycles. The van der Waals surface area contributed by atoms with Crippen LogP contribution in [0.3, 0.4) is 0 Å². The molecule has 0 unspecified atom stereocenters. The minimum absolute atomic E-state index is 0.285. The molecule has 1 radical (unpaired) electrons. The number of carbonyl (C=O) groups excluding carboxylic acids is 1. The van der Waals surface area contributed by atoms with E-state index in [2.05, 4.69) is 6.92 Å². The summed E-state index contributed by atoms with van der Waals surface area (Å²) in [5.41, 5.74) is 3.67. The van der Waals surface area contributed by atoms with Gasteiger partial charge in [0.05, 0.1) is 12.2 Å². The van der Waals surface area contributed by atoms with E-state index in [0.29, 0.717) is 12.2 Å². The highest BCUT2D eigenvalue weighted by atomic mass is 16.5. The van der Waals surface area contributed by atoms with Gasteiger partial charge in [-0.05, 0) is 42.7 Å². The Morgan fingerprint density at radius 1 is 1.11 bits per heavy atom. The normalized spacial score (nSPS) is 10.1. The summed E-state index contributed by atoms with van der Waals surface area (Å²) >= 11 is 0. The van der Waals surface area contributed by atoms with Gasteiger partial charge in [-0.1, -0.05) is 36.4 Å². The fourth-order valence-electron chi connectivity index (χ4n) is 1.80. The second kappa shape index (κ2) is 5.50. The monoisotopic (exact) mass is 239 g/mol. The van der Waals surface area contributed by atoms with Crippen molar-refractivity contribution in [2.24, 2.45) is 0 Å². The minimum Gasteiger partial charge on any atom is -0.462 e. The number of benzene rings is 2. The van der Waals surface area contributed by atoms with Gasteiger partial charge in [-0.15, -0.1) is 0 Å². The molecule has 2 aromatic rings. The Morgan fingerprint density at radius 2 is 1.78 bits per heavy atom. The van der Waals surface area contributed by atoms with Gasteiger partial charge in [-0.3, -0.25) is 0 Å². The zero-order chi connectivity index (χ0) is 13.0. The molecule has 2 nitrogen and oxygen atoms in total. The van der Waals surface area contributed by atoms with Gasteiger partial charge >= 0.3 is 5.97 Å². The van der Waals surface area contributed by atoms with Gasteiger partial charge in [0.25, 0.3) is 0 Å². The molecule has 2 heteroatoms. The summed E-state index contributed by atoms with van der Waals surface area (Å²) in [6.45, 7) is 6.18. The number of hydrogen-bond donors (Lipinski definition) is 0. The summed E-state index contributed by atoms with van der Waals surface area (Å²) in [5, 5.41) is 0. The van der Waals surface area contributed by atoms with Crippen molar-refractivity contribution in [1.82, 2.24) is 0 Å². The molecule has 0 bridgehead atoms. The molecular weight excluding hydrogens is 224 g/mol. The van der Waals surface area contributed by atoms with Crippen molar-refractivity contribution < 1.29 is 9.53 Å². The van der Waals surface area contributed by atoms with E-state index in [1.54, 1.807) is 19.1 Å². The predicted octanol–water partition coefficient (Wildman–Crippen LogP) is 3.71. The summed E-state index contributed by atoms with van der Waals surface area (Å²) in [6.07, 6.45) is 0. The Morgan fingerprint density at radius 3 is 2.39 bits per heavy atom. The van der Waals surface area contributed by atoms with Crippen LogP contribution in [0, 0.1) is 6.92 Å². The lowest BCUT2D eigenvalue weighted by Crippen LogP contribution is -2.04. The van der Waals surface area contributed by atoms with Crippen LogP contribution in [0.1, 0.15) is 22.8 Å². The third-order valence-electron chi connectivity index (χ3n) is 2.72. The number of hydrogen-bond acceptors (Lipinski definition) is 2. The SMILES string of the molecule is [CH2]c1ccccc1-c1ccc(C(=O)OCC)cc1. The van der Waals surface area contributed by atoms with Crippen LogP contribution in [0.2, 0.25) is 0 Å². The average Bonchev–Trinajstić information content (AvgIpc) is 2.40. The van der Waals surface area contributed by atoms with Crippen LogP contribution in [-0.4, -0.2) is 12.6 Å². The molecule has 0 aliphatic rings. The summed E-state index contributed by atoms with van der Waals surface area (Å²) < 4.78 is 4.95. The van der Waals surface area contributed by atoms with Crippen LogP contribution in [0.15, 0.2) is 48.5 Å². The first-order valence-electron chi connectivity index (χ1n) is 5.91. The molecule has 0 aliphatic carbocycles. The molecule has 0 fully saturated rings. The molecule has 0 saturated carbocycles. The van der Waals surface area contributed by atoms with Gasteiger partial charge in [0, 0.05) is 0 Å². The molecule has 91 valence electrons. The largest absolute Gasteiger partial charge is 0.462 e. The van der Waals surface area contributed by atoms with E-state index in [0.717, 1.165) is 16.7 Å². The van der Waals surface area contributed by atoms with E-state index in [1.165, 1.54) is 0 Å². The first-order valence-corrected chi connectivity index (χ1v) is 5.91. The van der Waals surface area contributed by atoms with E-state index in [-0.39, 0.29) is 5.97 Å². The highest BCUT2D eigenvalue weighted by Gasteiger charge is 2.06. The first kappa shape index (κ1) is 12.4. The van der Waals surface area contributed by atoms with Crippen LogP contribution in [0.25, 0.3) is 11.1 Å². The fourth-order valence-corrected chi connectivity index (χ4v) is 1.80. The maximum absolute atomic E-state index is 11.5. The van der Waals surface area contributed by atoms with Gasteiger partial charge in [-0.25, -0.2) is 4.79 Å². The van der Waals surface area contributed by atoms with Crippen molar-refractivity contribution in [3.8, 4) is 11.1 Å². The Kier molecular flexibility index (Phi) is 3.78. The van der Waals surface area contributed by atoms with E-state index in [9.17, 15) is 4.79 Å². The lowest BCUT2D eigenvalue weighted by molar-refractivity contribution is 0.0526. The maximum atomic E-state index is 11.5. The van der Waals surface area contributed by atoms with E-state index in [4.69, 9.17) is 4.74 Å². The number of carbonyl (C=O) groups is 1. The molecule has 18 heavy (non-hydrogen) atoms. The van der Waals surface area contributed by atoms with E-state index in [1.807, 2.05) is 36.4 Å². The molecule has 0 atom stereocenters. The van der Waals surface area contributed by atoms with Crippen molar-refractivity contribution in [3.05, 3.63) is 66.6 Å². The van der Waals surface area contributed by atoms with Crippen molar-refractivity contribution >= 4 is 5.97 Å². The minimum atomic E-state index is -0.285. The van der Waals surface area contributed by atoms with Crippen molar-refractivity contribution in [3.63, 3.8) is 0 Å². The van der Waals surface area contributed by atoms with Crippen LogP contribution >= 0.6 is 0 Å². The van der Waals surface area contributed by atoms with Crippen molar-refractivity contribution in [1.29, 1.82) is 0 Å². The molecule has 0 aliphatic heterocycles. The van der Waals surface area contributed by atoms with Crippen LogP contribution < -0.4 is 0 Å². The van der Waals surface area contributed by atoms with E-state index >= 15 is 0 Å². The molecule has 0 spiro atoms. The van der Waals surface area contributed by atoms with Crippen molar-refractivity contribution in [2.45, 2.75) is 6.92 Å². The Hall–Kier alpha value is -2.09. The molecule has 0 amide bonds. The summed E-state index contributed by atoms with van der Waals surface area (Å²) in [7, 11) is 0. The third kappa shape index (κ3) is 2.59. The van der Waals surface area contributed by atoms with Gasteiger partial charge in [0.1, 0.15) is 0 Å². The lowest BCUT2D eigenvalue weighted by atomic mass is 10.00. The highest BCUT2D eigenvalue weighted by molar-refractivity contribution is 5.90. The van der Waals surface area contributed by atoms with E-state index < -0.39 is 0 Å². The lowest BCUT2D eigenvalue weighted by Gasteiger charge is -2.06. The zero-order valence-electron chi connectivity index (χ0n) is 10.3. The molecule has 0 N–H and O–H groups in total. The third-order valence-corrected chi connectivity index (χ3v) is 2.72. The number of esters is 1. The Bertz CT molecular complexity index is 541. The second-order valence-electron chi connectivity index (χ2n) is 3.95. The first-order chi connectivity index (χ1) is 8.72. The highest BCUT2D eigenvalue weighted by Crippen LogP contribution is 2.23. The molecule has 2 aromatic carbocycles. The van der Waals surface area contributed by atoms with Gasteiger partial charge in [0.2, 0.25) is 0 Å². The van der Waals surface area contributed by atoms with Crippen LogP contribution in [0.4, 0.5) is 0 Å². The smallest absolute Gasteiger partial charge is 0.338 e. The number of ether oxygens (including phenoxy) is 1. The second-order valence-corrected chi connectivity index (χ2v) is 3.95. The molecule has 0 heterocycles. The maximum Gasteiger partial charge on any atom is 0.338 e. The molecule has 0 saturated heterocycles. The van der Waals surface area contributed by atoms with Crippen LogP contribution in [0.5, 0.6) is 0 Å². The number of rotatable bonds is 3. The van der Waals surface area contributed by atoms with Gasteiger partial charge in [0.15, 0.2) is 0 Å². The molecule has 2 rings (SSSR count). The zero-order valence-corrected chi connectivity index (χ0v) is 10.3. The quantitative estimate of drug-likeness (QED) is 0.763. The molecular formula is C16H15O2. The summed E-state index contributed by atoms with van der Waals surface area (Å²) in [6, 6.07) is 15.3. The van der Waals surface area contributed by atoms with Gasteiger partial charge < -0.3 is 4.74 Å². The fraction of sp³-hybridized carbons (Fsp3) is 0.125. The topological polar surface area (TPSA) is 26.3 Å². The summed E-state index contributed by atoms with van der Waals surface area (Å²) in [5.74, 6) is -0.285. The van der Waals surface area contributed by atoms with Gasteiger partial charge in [-0.2, -0.15) is 0 Å². The average molecular weight is 239 g/mol. The van der Waals surface area contributed by atoms with Crippen molar-refractivity contribution in [2.75, 3.05) is 6.61 Å².